The van der Waals surface area contributed by atoms with E-state index >= 15 is 0 Å². The third-order valence-electron chi connectivity index (χ3n) is 4.37. The van der Waals surface area contributed by atoms with E-state index in [1.54, 1.807) is 30.3 Å². The molecule has 8 nitrogen and oxygen atoms in total. The Kier molecular flexibility index (Phi) is 4.82. The van der Waals surface area contributed by atoms with Crippen LogP contribution in [0.25, 0.3) is 5.70 Å². The van der Waals surface area contributed by atoms with Crippen LogP contribution in [0.4, 0.5) is 5.69 Å². The Labute approximate surface area is 164 Å². The summed E-state index contributed by atoms with van der Waals surface area (Å²) >= 11 is 1.43. The van der Waals surface area contributed by atoms with E-state index in [1.807, 2.05) is 19.1 Å². The standard InChI is InChI=1S/C19H17N5O3S/c1-2-11-28-19-21-18(25)16-12-7-3-5-9-14(12)20-17(23(16)22-19)13-8-4-6-10-15(13)24(26)27/h3-10,17H,2,11H2,1H3,(H,21,22,25). The lowest BCUT2D eigenvalue weighted by Crippen LogP contribution is -2.50. The smallest absolute Gasteiger partial charge is 0.276 e. The van der Waals surface area contributed by atoms with Crippen LogP contribution in [0, 0.1) is 10.1 Å². The van der Waals surface area contributed by atoms with Crippen molar-refractivity contribution in [2.45, 2.75) is 19.5 Å². The van der Waals surface area contributed by atoms with Gasteiger partial charge in [0.2, 0.25) is 0 Å². The van der Waals surface area contributed by atoms with Crippen molar-refractivity contribution >= 4 is 34.2 Å². The lowest BCUT2D eigenvalue weighted by Gasteiger charge is -2.33. The summed E-state index contributed by atoms with van der Waals surface area (Å²) in [5.74, 6) is 0.506. The Morgan fingerprint density at radius 3 is 2.75 bits per heavy atom. The molecule has 0 radical (unpaired) electrons. The molecule has 142 valence electrons. The Balaban J connectivity index is 1.94. The second-order valence-corrected chi connectivity index (χ2v) is 7.32. The first-order chi connectivity index (χ1) is 13.6. The van der Waals surface area contributed by atoms with E-state index in [0.29, 0.717) is 27.0 Å². The summed E-state index contributed by atoms with van der Waals surface area (Å²) < 4.78 is 0. The van der Waals surface area contributed by atoms with Crippen LogP contribution >= 0.6 is 11.8 Å². The number of benzene rings is 2. The molecule has 0 saturated carbocycles. The van der Waals surface area contributed by atoms with Gasteiger partial charge >= 0.3 is 0 Å². The molecule has 1 amide bonds. The number of nitrogens with zero attached hydrogens (tertiary/aromatic N) is 4. The van der Waals surface area contributed by atoms with Crippen LogP contribution in [0.1, 0.15) is 25.1 Å². The average Bonchev–Trinajstić information content (AvgIpc) is 2.71. The van der Waals surface area contributed by atoms with Gasteiger partial charge in [0.1, 0.15) is 5.70 Å². The molecule has 2 aromatic rings. The maximum Gasteiger partial charge on any atom is 0.276 e. The number of amidine groups is 1. The zero-order valence-electron chi connectivity index (χ0n) is 15.0. The summed E-state index contributed by atoms with van der Waals surface area (Å²) in [5, 5.41) is 22.2. The van der Waals surface area contributed by atoms with Gasteiger partial charge in [-0.3, -0.25) is 25.2 Å². The molecule has 2 aliphatic rings. The van der Waals surface area contributed by atoms with Gasteiger partial charge in [0.25, 0.3) is 11.6 Å². The van der Waals surface area contributed by atoms with Crippen LogP contribution in [-0.2, 0) is 4.79 Å². The fourth-order valence-electron chi connectivity index (χ4n) is 3.17. The minimum absolute atomic E-state index is 0.0566. The molecule has 0 aromatic heterocycles. The van der Waals surface area contributed by atoms with Gasteiger partial charge in [-0.1, -0.05) is 49.0 Å². The summed E-state index contributed by atoms with van der Waals surface area (Å²) in [6, 6.07) is 13.7. The molecule has 0 spiro atoms. The number of thioether (sulfide) groups is 1. The highest BCUT2D eigenvalue weighted by Crippen LogP contribution is 2.35. The predicted octanol–water partition coefficient (Wildman–Crippen LogP) is 1.88. The fraction of sp³-hybridized carbons (Fsp3) is 0.211. The molecule has 0 aliphatic carbocycles. The van der Waals surface area contributed by atoms with E-state index in [4.69, 9.17) is 4.99 Å². The van der Waals surface area contributed by atoms with Crippen molar-refractivity contribution in [1.29, 1.82) is 0 Å². The highest BCUT2D eigenvalue weighted by molar-refractivity contribution is 8.13. The summed E-state index contributed by atoms with van der Waals surface area (Å²) in [4.78, 5) is 28.7. The van der Waals surface area contributed by atoms with Crippen LogP contribution in [0.3, 0.4) is 0 Å². The maximum absolute atomic E-state index is 12.9. The van der Waals surface area contributed by atoms with Crippen molar-refractivity contribution in [2.75, 3.05) is 5.75 Å². The number of hydrazone groups is 1. The molecular weight excluding hydrogens is 378 g/mol. The average molecular weight is 395 g/mol. The molecule has 0 fully saturated rings. The summed E-state index contributed by atoms with van der Waals surface area (Å²) in [7, 11) is 0. The molecule has 2 heterocycles. The van der Waals surface area contributed by atoms with Crippen LogP contribution in [-0.4, -0.2) is 26.8 Å². The third kappa shape index (κ3) is 3.13. The van der Waals surface area contributed by atoms with Gasteiger partial charge in [0.05, 0.1) is 15.8 Å². The molecule has 28 heavy (non-hydrogen) atoms. The van der Waals surface area contributed by atoms with Gasteiger partial charge in [0.15, 0.2) is 11.3 Å². The van der Waals surface area contributed by atoms with Crippen molar-refractivity contribution in [3.63, 3.8) is 0 Å². The van der Waals surface area contributed by atoms with Crippen LogP contribution in [0.15, 0.2) is 58.6 Å². The second kappa shape index (κ2) is 7.43. The molecule has 4 rings (SSSR count). The predicted molar refractivity (Wildman–Crippen MR) is 107 cm³/mol. The second-order valence-electron chi connectivity index (χ2n) is 6.24. The van der Waals surface area contributed by atoms with E-state index < -0.39 is 11.1 Å². The van der Waals surface area contributed by atoms with Gasteiger partial charge in [0, 0.05) is 17.0 Å². The Hall–Kier alpha value is -3.20. The number of carbonyl (C=O) groups is 1. The van der Waals surface area contributed by atoms with Crippen molar-refractivity contribution in [3.8, 4) is 0 Å². The third-order valence-corrected chi connectivity index (χ3v) is 5.44. The molecule has 2 aromatic carbocycles. The van der Waals surface area contributed by atoms with Crippen molar-refractivity contribution in [3.05, 3.63) is 74.8 Å². The normalized spacial score (nSPS) is 17.8. The first-order valence-corrected chi connectivity index (χ1v) is 9.81. The van der Waals surface area contributed by atoms with Gasteiger partial charge in [-0.05, 0) is 18.6 Å². The lowest BCUT2D eigenvalue weighted by molar-refractivity contribution is -0.385. The number of hydrogen-bond acceptors (Lipinski definition) is 7. The van der Waals surface area contributed by atoms with E-state index in [-0.39, 0.29) is 11.6 Å². The first kappa shape index (κ1) is 18.2. The van der Waals surface area contributed by atoms with Crippen LogP contribution < -0.4 is 15.9 Å². The van der Waals surface area contributed by atoms with E-state index in [2.05, 4.69) is 10.4 Å². The van der Waals surface area contributed by atoms with Crippen LogP contribution in [0.2, 0.25) is 0 Å². The number of nitrogens with one attached hydrogen (secondary N) is 1. The van der Waals surface area contributed by atoms with Crippen LogP contribution in [0.5, 0.6) is 0 Å². The molecule has 0 saturated heterocycles. The first-order valence-electron chi connectivity index (χ1n) is 8.82. The lowest BCUT2D eigenvalue weighted by atomic mass is 10.1. The van der Waals surface area contributed by atoms with E-state index in [0.717, 1.165) is 12.2 Å². The maximum atomic E-state index is 12.9. The summed E-state index contributed by atoms with van der Waals surface area (Å²) in [5.41, 5.74) is 0.673. The largest absolute Gasteiger partial charge is 0.298 e. The van der Waals surface area contributed by atoms with Gasteiger partial charge in [-0.25, -0.2) is 5.01 Å². The zero-order valence-corrected chi connectivity index (χ0v) is 15.8. The topological polar surface area (TPSA) is 100 Å². The number of fused-ring (bicyclic) bond motifs is 2. The molecule has 9 heteroatoms. The fourth-order valence-corrected chi connectivity index (χ4v) is 3.87. The number of rotatable bonds is 4. The quantitative estimate of drug-likeness (QED) is 0.629. The highest BCUT2D eigenvalue weighted by atomic mass is 32.2. The molecular formula is C19H17N5O3S. The number of carbonyl (C=O) groups excluding carboxylic acids is 1. The van der Waals surface area contributed by atoms with Crippen molar-refractivity contribution < 1.29 is 9.72 Å². The number of hydrogen-bond donors (Lipinski definition) is 1. The number of nitro benzene ring substituents is 1. The highest BCUT2D eigenvalue weighted by Gasteiger charge is 2.36. The summed E-state index contributed by atoms with van der Waals surface area (Å²) in [6.07, 6.45) is 0.131. The SMILES string of the molecule is CCCSC1=NN2C(=c3ccccc3=NC2c2ccccc2[N+](=O)[O-])C(=O)N1. The molecule has 2 aliphatic heterocycles. The molecule has 1 N–H and O–H groups in total. The number of para-hydroxylation sites is 2. The van der Waals surface area contributed by atoms with E-state index in [9.17, 15) is 14.9 Å². The monoisotopic (exact) mass is 395 g/mol. The Bertz CT molecular complexity index is 1110. The Morgan fingerprint density at radius 1 is 1.21 bits per heavy atom. The molecule has 1 atom stereocenters. The van der Waals surface area contributed by atoms with Gasteiger partial charge < -0.3 is 0 Å². The Morgan fingerprint density at radius 2 is 1.96 bits per heavy atom. The minimum atomic E-state index is -0.797. The minimum Gasteiger partial charge on any atom is -0.298 e. The molecule has 1 unspecified atom stereocenters. The zero-order chi connectivity index (χ0) is 19.7. The van der Waals surface area contributed by atoms with E-state index in [1.165, 1.54) is 22.8 Å². The van der Waals surface area contributed by atoms with Crippen molar-refractivity contribution in [1.82, 2.24) is 10.3 Å². The number of nitro groups is 1. The van der Waals surface area contributed by atoms with Gasteiger partial charge in [-0.2, -0.15) is 0 Å². The molecule has 0 bridgehead atoms. The summed E-state index contributed by atoms with van der Waals surface area (Å²) in [6.45, 7) is 2.04. The van der Waals surface area contributed by atoms with Crippen molar-refractivity contribution in [2.24, 2.45) is 10.1 Å². The number of amides is 1. The van der Waals surface area contributed by atoms with Gasteiger partial charge in [-0.15, -0.1) is 5.10 Å².